The second-order valence-electron chi connectivity index (χ2n) is 5.22. The monoisotopic (exact) mass is 346 g/mol. The molecule has 2 amide bonds. The van der Waals surface area contributed by atoms with Crippen molar-refractivity contribution in [3.63, 3.8) is 0 Å². The smallest absolute Gasteiger partial charge is 0.265 e. The van der Waals surface area contributed by atoms with Crippen molar-refractivity contribution in [3.8, 4) is 5.75 Å². The summed E-state index contributed by atoms with van der Waals surface area (Å²) in [4.78, 5) is 23.3. The van der Waals surface area contributed by atoms with Crippen LogP contribution in [0.25, 0.3) is 0 Å². The number of benzene rings is 2. The Bertz CT molecular complexity index is 699. The number of hydrogen-bond acceptors (Lipinski definition) is 3. The maximum atomic E-state index is 12.3. The van der Waals surface area contributed by atoms with E-state index in [2.05, 4.69) is 10.6 Å². The first-order chi connectivity index (χ1) is 11.5. The van der Waals surface area contributed by atoms with E-state index in [-0.39, 0.29) is 11.8 Å². The maximum Gasteiger partial charge on any atom is 0.265 e. The molecule has 0 aliphatic rings. The lowest BCUT2D eigenvalue weighted by Gasteiger charge is -2.17. The summed E-state index contributed by atoms with van der Waals surface area (Å²) in [5.74, 6) is 0.205. The van der Waals surface area contributed by atoms with Gasteiger partial charge < -0.3 is 15.4 Å². The van der Waals surface area contributed by atoms with Crippen molar-refractivity contribution in [3.05, 3.63) is 53.6 Å². The number of nitrogens with one attached hydrogen (secondary N) is 2. The van der Waals surface area contributed by atoms with E-state index in [1.807, 2.05) is 6.92 Å². The zero-order chi connectivity index (χ0) is 17.5. The minimum atomic E-state index is -0.610. The van der Waals surface area contributed by atoms with Gasteiger partial charge in [0.15, 0.2) is 6.10 Å². The van der Waals surface area contributed by atoms with Crippen molar-refractivity contribution in [2.45, 2.75) is 26.4 Å². The summed E-state index contributed by atoms with van der Waals surface area (Å²) in [5, 5.41) is 6.08. The summed E-state index contributed by atoms with van der Waals surface area (Å²) in [6.07, 6.45) is -0.0838. The molecular weight excluding hydrogens is 328 g/mol. The lowest BCUT2D eigenvalue weighted by molar-refractivity contribution is -0.122. The Morgan fingerprint density at radius 1 is 1.00 bits per heavy atom. The highest BCUT2D eigenvalue weighted by Gasteiger charge is 2.18. The van der Waals surface area contributed by atoms with Crippen LogP contribution in [0.15, 0.2) is 48.5 Å². The fourth-order valence-electron chi connectivity index (χ4n) is 2.06. The van der Waals surface area contributed by atoms with Crippen LogP contribution in [0, 0.1) is 0 Å². The number of rotatable bonds is 6. The van der Waals surface area contributed by atoms with E-state index in [0.717, 1.165) is 0 Å². The van der Waals surface area contributed by atoms with Crippen LogP contribution in [0.1, 0.15) is 20.3 Å². The van der Waals surface area contributed by atoms with Gasteiger partial charge in [0.1, 0.15) is 5.75 Å². The quantitative estimate of drug-likeness (QED) is 0.827. The van der Waals surface area contributed by atoms with E-state index < -0.39 is 6.10 Å². The highest BCUT2D eigenvalue weighted by atomic mass is 35.5. The Morgan fingerprint density at radius 2 is 1.54 bits per heavy atom. The lowest BCUT2D eigenvalue weighted by Crippen LogP contribution is -2.32. The summed E-state index contributed by atoms with van der Waals surface area (Å²) in [5.41, 5.74) is 1.30. The molecule has 0 aliphatic carbocycles. The largest absolute Gasteiger partial charge is 0.481 e. The molecule has 0 bridgehead atoms. The number of carbonyl (C=O) groups excluding carboxylic acids is 2. The standard InChI is InChI=1S/C18H19ClN2O3/c1-3-17(24-16-10-4-13(19)5-11-16)18(23)21-15-8-6-14(7-9-15)20-12(2)22/h4-11,17H,3H2,1-2H3,(H,20,22)(H,21,23)/t17-/m1/s1. The number of amides is 2. The number of anilines is 2. The summed E-state index contributed by atoms with van der Waals surface area (Å²) in [6, 6.07) is 13.7. The maximum absolute atomic E-state index is 12.3. The molecule has 2 N–H and O–H groups in total. The molecule has 6 heteroatoms. The topological polar surface area (TPSA) is 67.4 Å². The SMILES string of the molecule is CC[C@@H](Oc1ccc(Cl)cc1)C(=O)Nc1ccc(NC(C)=O)cc1. The first kappa shape index (κ1) is 17.8. The summed E-state index contributed by atoms with van der Waals surface area (Å²) in [6.45, 7) is 3.32. The molecule has 24 heavy (non-hydrogen) atoms. The van der Waals surface area contributed by atoms with Gasteiger partial charge in [-0.1, -0.05) is 18.5 Å². The Labute approximate surface area is 146 Å². The Hall–Kier alpha value is -2.53. The Kier molecular flexibility index (Phi) is 6.21. The normalized spacial score (nSPS) is 11.5. The summed E-state index contributed by atoms with van der Waals surface area (Å²) >= 11 is 5.84. The third-order valence-corrected chi connectivity index (χ3v) is 3.48. The van der Waals surface area contributed by atoms with Crippen molar-refractivity contribution < 1.29 is 14.3 Å². The van der Waals surface area contributed by atoms with Crippen LogP contribution in [0.5, 0.6) is 5.75 Å². The van der Waals surface area contributed by atoms with Crippen LogP contribution in [-0.2, 0) is 9.59 Å². The van der Waals surface area contributed by atoms with Crippen LogP contribution < -0.4 is 15.4 Å². The van der Waals surface area contributed by atoms with Gasteiger partial charge in [-0.25, -0.2) is 0 Å². The van der Waals surface area contributed by atoms with Crippen molar-refractivity contribution in [2.24, 2.45) is 0 Å². The fourth-order valence-corrected chi connectivity index (χ4v) is 2.19. The van der Waals surface area contributed by atoms with Crippen LogP contribution >= 0.6 is 11.6 Å². The molecule has 2 aromatic rings. The molecule has 126 valence electrons. The molecule has 0 aromatic heterocycles. The summed E-state index contributed by atoms with van der Waals surface area (Å²) < 4.78 is 5.70. The molecule has 0 spiro atoms. The van der Waals surface area contributed by atoms with Gasteiger partial charge in [-0.05, 0) is 55.0 Å². The van der Waals surface area contributed by atoms with E-state index in [1.54, 1.807) is 48.5 Å². The minimum Gasteiger partial charge on any atom is -0.481 e. The van der Waals surface area contributed by atoms with Gasteiger partial charge in [-0.3, -0.25) is 9.59 Å². The van der Waals surface area contributed by atoms with Crippen LogP contribution in [0.4, 0.5) is 11.4 Å². The first-order valence-corrected chi connectivity index (χ1v) is 7.96. The molecule has 0 aliphatic heterocycles. The van der Waals surface area contributed by atoms with E-state index in [0.29, 0.717) is 28.6 Å². The average Bonchev–Trinajstić information content (AvgIpc) is 2.55. The van der Waals surface area contributed by atoms with Gasteiger partial charge in [-0.15, -0.1) is 0 Å². The lowest BCUT2D eigenvalue weighted by atomic mass is 10.2. The average molecular weight is 347 g/mol. The third kappa shape index (κ3) is 5.28. The van der Waals surface area contributed by atoms with E-state index in [4.69, 9.17) is 16.3 Å². The molecule has 0 fully saturated rings. The van der Waals surface area contributed by atoms with Gasteiger partial charge in [-0.2, -0.15) is 0 Å². The second kappa shape index (κ2) is 8.36. The highest BCUT2D eigenvalue weighted by Crippen LogP contribution is 2.19. The van der Waals surface area contributed by atoms with E-state index in [9.17, 15) is 9.59 Å². The number of hydrogen-bond donors (Lipinski definition) is 2. The molecule has 2 aromatic carbocycles. The summed E-state index contributed by atoms with van der Waals surface area (Å²) in [7, 11) is 0. The van der Waals surface area contributed by atoms with Crippen molar-refractivity contribution in [1.29, 1.82) is 0 Å². The van der Waals surface area contributed by atoms with Crippen LogP contribution in [-0.4, -0.2) is 17.9 Å². The van der Waals surface area contributed by atoms with Crippen LogP contribution in [0.3, 0.4) is 0 Å². The zero-order valence-electron chi connectivity index (χ0n) is 13.5. The van der Waals surface area contributed by atoms with Gasteiger partial charge in [0.25, 0.3) is 5.91 Å². The molecule has 1 atom stereocenters. The van der Waals surface area contributed by atoms with Gasteiger partial charge >= 0.3 is 0 Å². The number of ether oxygens (including phenoxy) is 1. The van der Waals surface area contributed by atoms with E-state index >= 15 is 0 Å². The third-order valence-electron chi connectivity index (χ3n) is 3.23. The van der Waals surface area contributed by atoms with Gasteiger partial charge in [0.2, 0.25) is 5.91 Å². The predicted octanol–water partition coefficient (Wildman–Crippen LogP) is 4.09. The molecule has 0 heterocycles. The zero-order valence-corrected chi connectivity index (χ0v) is 14.3. The molecule has 0 saturated heterocycles. The van der Waals surface area contributed by atoms with Gasteiger partial charge in [0.05, 0.1) is 0 Å². The number of carbonyl (C=O) groups is 2. The van der Waals surface area contributed by atoms with Crippen LogP contribution in [0.2, 0.25) is 5.02 Å². The number of halogens is 1. The Balaban J connectivity index is 1.98. The first-order valence-electron chi connectivity index (χ1n) is 7.58. The minimum absolute atomic E-state index is 0.144. The highest BCUT2D eigenvalue weighted by molar-refractivity contribution is 6.30. The molecule has 5 nitrogen and oxygen atoms in total. The predicted molar refractivity (Wildman–Crippen MR) is 95.5 cm³/mol. The molecule has 2 rings (SSSR count). The molecule has 0 saturated carbocycles. The second-order valence-corrected chi connectivity index (χ2v) is 5.65. The van der Waals surface area contributed by atoms with Crippen molar-refractivity contribution >= 4 is 34.8 Å². The van der Waals surface area contributed by atoms with E-state index in [1.165, 1.54) is 6.92 Å². The molecule has 0 unspecified atom stereocenters. The van der Waals surface area contributed by atoms with Crippen molar-refractivity contribution in [2.75, 3.05) is 10.6 Å². The molecule has 0 radical (unpaired) electrons. The fraction of sp³-hybridized carbons (Fsp3) is 0.222. The Morgan fingerprint density at radius 3 is 2.04 bits per heavy atom. The van der Waals surface area contributed by atoms with Crippen molar-refractivity contribution in [1.82, 2.24) is 0 Å². The van der Waals surface area contributed by atoms with Gasteiger partial charge in [0, 0.05) is 23.3 Å². The molecular formula is C18H19ClN2O3.